The lowest BCUT2D eigenvalue weighted by molar-refractivity contribution is -0.146. The molecule has 7 atom stereocenters. The highest BCUT2D eigenvalue weighted by Crippen LogP contribution is 2.34. The molecule has 1 aromatic heterocycles. The van der Waals surface area contributed by atoms with Crippen molar-refractivity contribution in [1.82, 2.24) is 36.1 Å². The summed E-state index contributed by atoms with van der Waals surface area (Å²) in [6, 6.07) is 2.94. The first-order valence-electron chi connectivity index (χ1n) is 18.7. The van der Waals surface area contributed by atoms with E-state index in [4.69, 9.17) is 0 Å². The summed E-state index contributed by atoms with van der Waals surface area (Å²) >= 11 is 0. The van der Waals surface area contributed by atoms with E-state index >= 15 is 0 Å². The van der Waals surface area contributed by atoms with E-state index in [0.29, 0.717) is 24.8 Å². The lowest BCUT2D eigenvalue weighted by Crippen LogP contribution is -2.61. The first kappa shape index (κ1) is 43.2. The molecule has 15 heteroatoms. The number of likely N-dealkylation sites (tertiary alicyclic amines) is 1. The van der Waals surface area contributed by atoms with Gasteiger partial charge in [0.05, 0.1) is 12.2 Å². The van der Waals surface area contributed by atoms with Crippen LogP contribution in [-0.4, -0.2) is 98.0 Å². The normalized spacial score (nSPS) is 18.2. The zero-order valence-electron chi connectivity index (χ0n) is 32.2. The molecule has 0 radical (unpaired) electrons. The molecule has 1 saturated heterocycles. The van der Waals surface area contributed by atoms with Crippen LogP contribution in [0.25, 0.3) is 0 Å². The Morgan fingerprint density at radius 3 is 2.07 bits per heavy atom. The number of carboxylic acids is 1. The Kier molecular flexibility index (Phi) is 16.2. The summed E-state index contributed by atoms with van der Waals surface area (Å²) in [6.45, 7) is 13.0. The molecule has 0 aliphatic carbocycles. The SMILES string of the molecule is CCCC(NC(=O)[C@@H]1[C@@H](C(C)CC)CCN1C(=O)C(NC(=O)[C@@H](NC(=O)c1cnccn1)C(C)C)C(C)C)C(=O)C(=O)N[C@@H](Cc1ccccc1)C(=O)O. The Morgan fingerprint density at radius 1 is 0.852 bits per heavy atom. The van der Waals surface area contributed by atoms with Gasteiger partial charge in [0.15, 0.2) is 0 Å². The number of carboxylic acid groups (broad SMARTS) is 1. The van der Waals surface area contributed by atoms with Gasteiger partial charge in [-0.3, -0.25) is 33.8 Å². The number of rotatable bonds is 19. The van der Waals surface area contributed by atoms with Crippen LogP contribution < -0.4 is 21.3 Å². The zero-order valence-corrected chi connectivity index (χ0v) is 32.2. The van der Waals surface area contributed by atoms with Gasteiger partial charge in [0.1, 0.15) is 29.9 Å². The number of nitrogens with one attached hydrogen (secondary N) is 4. The van der Waals surface area contributed by atoms with Crippen molar-refractivity contribution >= 4 is 41.3 Å². The number of hydrogen-bond acceptors (Lipinski definition) is 9. The van der Waals surface area contributed by atoms with E-state index < -0.39 is 77.4 Å². The van der Waals surface area contributed by atoms with Crippen molar-refractivity contribution in [1.29, 1.82) is 0 Å². The predicted molar refractivity (Wildman–Crippen MR) is 200 cm³/mol. The number of amides is 5. The highest BCUT2D eigenvalue weighted by atomic mass is 16.4. The van der Waals surface area contributed by atoms with Gasteiger partial charge in [-0.1, -0.05) is 91.6 Å². The summed E-state index contributed by atoms with van der Waals surface area (Å²) < 4.78 is 0. The van der Waals surface area contributed by atoms with Gasteiger partial charge in [-0.15, -0.1) is 0 Å². The van der Waals surface area contributed by atoms with Gasteiger partial charge in [-0.25, -0.2) is 9.78 Å². The Labute approximate surface area is 316 Å². The molecule has 2 aromatic rings. The Bertz CT molecular complexity index is 1620. The quantitative estimate of drug-likeness (QED) is 0.132. The molecule has 3 rings (SSSR count). The topological polar surface area (TPSA) is 217 Å². The van der Waals surface area contributed by atoms with Crippen LogP contribution in [0.4, 0.5) is 0 Å². The van der Waals surface area contributed by atoms with Crippen LogP contribution in [0.15, 0.2) is 48.9 Å². The number of nitrogens with zero attached hydrogens (tertiary/aromatic N) is 3. The molecule has 0 bridgehead atoms. The number of aromatic nitrogens is 2. The second-order valence-electron chi connectivity index (χ2n) is 14.6. The molecule has 1 aromatic carbocycles. The second-order valence-corrected chi connectivity index (χ2v) is 14.6. The number of aliphatic carboxylic acids is 1. The third-order valence-electron chi connectivity index (χ3n) is 9.95. The molecule has 54 heavy (non-hydrogen) atoms. The molecule has 3 unspecified atom stereocenters. The van der Waals surface area contributed by atoms with E-state index in [1.54, 1.807) is 65.0 Å². The van der Waals surface area contributed by atoms with E-state index in [-0.39, 0.29) is 42.8 Å². The molecule has 294 valence electrons. The number of carbonyl (C=O) groups excluding carboxylic acids is 6. The van der Waals surface area contributed by atoms with Crippen LogP contribution in [0.1, 0.15) is 90.2 Å². The maximum atomic E-state index is 14.4. The molecule has 5 amide bonds. The standard InChI is InChI=1S/C39H55N7O8/c1-8-13-27(33(47)37(51)43-28(39(53)54)20-25-14-11-10-12-15-25)42-36(50)32-26(24(7)9-2)16-19-46(32)38(52)31(23(5)6)45-35(49)30(22(3)4)44-34(48)29-21-40-17-18-41-29/h10-12,14-15,17-18,21-24,26-28,30-32H,8-9,13,16,19-20H2,1-7H3,(H,42,50)(H,43,51)(H,44,48)(H,45,49)(H,53,54)/t24?,26-,27?,28+,30+,31?,32+/m1/s1. The molecule has 0 saturated carbocycles. The van der Waals surface area contributed by atoms with Gasteiger partial charge in [0.25, 0.3) is 11.8 Å². The smallest absolute Gasteiger partial charge is 0.326 e. The molecule has 1 aliphatic heterocycles. The van der Waals surface area contributed by atoms with Gasteiger partial charge in [0.2, 0.25) is 23.5 Å². The van der Waals surface area contributed by atoms with Gasteiger partial charge < -0.3 is 31.3 Å². The fraction of sp³-hybridized carbons (Fsp3) is 0.564. The maximum Gasteiger partial charge on any atom is 0.326 e. The van der Waals surface area contributed by atoms with Crippen LogP contribution in [0.3, 0.4) is 0 Å². The summed E-state index contributed by atoms with van der Waals surface area (Å²) in [5.41, 5.74) is 0.682. The molecular weight excluding hydrogens is 694 g/mol. The lowest BCUT2D eigenvalue weighted by atomic mass is 9.85. The van der Waals surface area contributed by atoms with E-state index in [2.05, 4.69) is 31.2 Å². The molecule has 2 heterocycles. The van der Waals surface area contributed by atoms with Crippen molar-refractivity contribution in [3.05, 3.63) is 60.2 Å². The van der Waals surface area contributed by atoms with Crippen LogP contribution in [0.5, 0.6) is 0 Å². The Balaban J connectivity index is 1.83. The van der Waals surface area contributed by atoms with Crippen molar-refractivity contribution in [2.75, 3.05) is 6.54 Å². The molecule has 5 N–H and O–H groups in total. The van der Waals surface area contributed by atoms with Crippen molar-refractivity contribution in [3.8, 4) is 0 Å². The summed E-state index contributed by atoms with van der Waals surface area (Å²) in [7, 11) is 0. The minimum Gasteiger partial charge on any atom is -0.480 e. The highest BCUT2D eigenvalue weighted by molar-refractivity contribution is 6.38. The van der Waals surface area contributed by atoms with Gasteiger partial charge in [-0.2, -0.15) is 0 Å². The fourth-order valence-electron chi connectivity index (χ4n) is 6.65. The fourth-order valence-corrected chi connectivity index (χ4v) is 6.65. The monoisotopic (exact) mass is 749 g/mol. The number of benzene rings is 1. The van der Waals surface area contributed by atoms with Gasteiger partial charge >= 0.3 is 5.97 Å². The molecule has 15 nitrogen and oxygen atoms in total. The molecule has 1 fully saturated rings. The number of hydrogen-bond donors (Lipinski definition) is 5. The predicted octanol–water partition coefficient (Wildman–Crippen LogP) is 2.30. The number of Topliss-reactive ketones (excluding diaryl/α,β-unsaturated/α-hetero) is 1. The van der Waals surface area contributed by atoms with E-state index in [0.717, 1.165) is 0 Å². The first-order valence-corrected chi connectivity index (χ1v) is 18.7. The summed E-state index contributed by atoms with van der Waals surface area (Å²) in [6.07, 6.45) is 5.74. The first-order chi connectivity index (χ1) is 25.6. The molecular formula is C39H55N7O8. The van der Waals surface area contributed by atoms with Crippen molar-refractivity contribution in [2.45, 2.75) is 111 Å². The largest absolute Gasteiger partial charge is 0.480 e. The average Bonchev–Trinajstić information content (AvgIpc) is 3.60. The molecule has 1 aliphatic rings. The van der Waals surface area contributed by atoms with Gasteiger partial charge in [-0.05, 0) is 42.1 Å². The van der Waals surface area contributed by atoms with Crippen molar-refractivity contribution in [2.24, 2.45) is 23.7 Å². The average molecular weight is 750 g/mol. The maximum absolute atomic E-state index is 14.4. The third kappa shape index (κ3) is 11.4. The van der Waals surface area contributed by atoms with Crippen molar-refractivity contribution < 1.29 is 38.7 Å². The minimum absolute atomic E-state index is 0.00481. The second kappa shape index (κ2) is 20.3. The summed E-state index contributed by atoms with van der Waals surface area (Å²) in [5.74, 6) is -6.78. The van der Waals surface area contributed by atoms with Crippen LogP contribution in [-0.2, 0) is 35.2 Å². The van der Waals surface area contributed by atoms with Crippen LogP contribution in [0.2, 0.25) is 0 Å². The van der Waals surface area contributed by atoms with Crippen molar-refractivity contribution in [3.63, 3.8) is 0 Å². The highest BCUT2D eigenvalue weighted by Gasteiger charge is 2.47. The number of carbonyl (C=O) groups is 7. The Hall–Kier alpha value is -5.21. The van der Waals surface area contributed by atoms with Crippen LogP contribution in [0, 0.1) is 23.7 Å². The summed E-state index contributed by atoms with van der Waals surface area (Å²) in [5, 5.41) is 20.3. The zero-order chi connectivity index (χ0) is 40.1. The Morgan fingerprint density at radius 2 is 1.52 bits per heavy atom. The number of ketones is 1. The van der Waals surface area contributed by atoms with Gasteiger partial charge in [0, 0.05) is 25.4 Å². The third-order valence-corrected chi connectivity index (χ3v) is 9.95. The van der Waals surface area contributed by atoms with E-state index in [9.17, 15) is 38.7 Å². The van der Waals surface area contributed by atoms with E-state index in [1.165, 1.54) is 23.5 Å². The van der Waals surface area contributed by atoms with E-state index in [1.807, 2.05) is 13.8 Å². The van der Waals surface area contributed by atoms with Crippen LogP contribution >= 0.6 is 0 Å². The molecule has 0 spiro atoms. The minimum atomic E-state index is -1.38. The summed E-state index contributed by atoms with van der Waals surface area (Å²) in [4.78, 5) is 103. The lowest BCUT2D eigenvalue weighted by Gasteiger charge is -2.35.